The highest BCUT2D eigenvalue weighted by Gasteiger charge is 2.26. The lowest BCUT2D eigenvalue weighted by Crippen LogP contribution is -2.15. The van der Waals surface area contributed by atoms with Crippen LogP contribution in [0.5, 0.6) is 11.5 Å². The fourth-order valence-corrected chi connectivity index (χ4v) is 2.39. The van der Waals surface area contributed by atoms with Gasteiger partial charge in [-0.15, -0.1) is 0 Å². The summed E-state index contributed by atoms with van der Waals surface area (Å²) in [5, 5.41) is 14.8. The normalized spacial score (nSPS) is 13.2. The minimum atomic E-state index is -0.966. The molecule has 8 nitrogen and oxygen atoms in total. The van der Waals surface area contributed by atoms with E-state index in [0.717, 1.165) is 24.2 Å². The van der Waals surface area contributed by atoms with E-state index in [0.29, 0.717) is 29.2 Å². The number of carboxylic acid groups (broad SMARTS) is 1. The van der Waals surface area contributed by atoms with Crippen molar-refractivity contribution >= 4 is 23.4 Å². The van der Waals surface area contributed by atoms with Gasteiger partial charge >= 0.3 is 5.97 Å². The van der Waals surface area contributed by atoms with Crippen LogP contribution < -0.4 is 20.1 Å². The summed E-state index contributed by atoms with van der Waals surface area (Å²) in [7, 11) is 3.17. The molecule has 1 saturated carbocycles. The standard InChI is InChI=1S/C17H20N4O4/c1-24-11-5-6-12(14(7-11)25-2)19-15-8-13(10-3-4-10)20-17(21-15)18-9-16(22)23/h5-8,10H,3-4,9H2,1-2H3,(H,22,23)(H2,18,19,20,21). The van der Waals surface area contributed by atoms with E-state index < -0.39 is 5.97 Å². The fourth-order valence-electron chi connectivity index (χ4n) is 2.39. The van der Waals surface area contributed by atoms with Crippen molar-refractivity contribution in [3.8, 4) is 11.5 Å². The monoisotopic (exact) mass is 344 g/mol. The summed E-state index contributed by atoms with van der Waals surface area (Å²) in [4.78, 5) is 19.5. The lowest BCUT2D eigenvalue weighted by Gasteiger charge is -2.13. The van der Waals surface area contributed by atoms with Gasteiger partial charge in [-0.1, -0.05) is 0 Å². The number of nitrogens with one attached hydrogen (secondary N) is 2. The van der Waals surface area contributed by atoms with Crippen LogP contribution in [0.25, 0.3) is 0 Å². The zero-order chi connectivity index (χ0) is 17.8. The van der Waals surface area contributed by atoms with Gasteiger partial charge in [0.2, 0.25) is 5.95 Å². The molecular formula is C17H20N4O4. The van der Waals surface area contributed by atoms with Crippen LogP contribution >= 0.6 is 0 Å². The summed E-state index contributed by atoms with van der Waals surface area (Å²) < 4.78 is 10.6. The Balaban J connectivity index is 1.87. The first-order valence-corrected chi connectivity index (χ1v) is 7.92. The van der Waals surface area contributed by atoms with E-state index in [1.165, 1.54) is 0 Å². The van der Waals surface area contributed by atoms with Gasteiger partial charge in [-0.25, -0.2) is 4.98 Å². The van der Waals surface area contributed by atoms with Crippen LogP contribution in [-0.2, 0) is 4.79 Å². The van der Waals surface area contributed by atoms with Crippen LogP contribution in [0, 0.1) is 0 Å². The number of aliphatic carboxylic acids is 1. The molecule has 25 heavy (non-hydrogen) atoms. The number of carbonyl (C=O) groups is 1. The third-order valence-corrected chi connectivity index (χ3v) is 3.81. The molecule has 1 aromatic heterocycles. The maximum atomic E-state index is 10.8. The quantitative estimate of drug-likeness (QED) is 0.671. The van der Waals surface area contributed by atoms with Gasteiger partial charge < -0.3 is 25.2 Å². The zero-order valence-corrected chi connectivity index (χ0v) is 14.1. The zero-order valence-electron chi connectivity index (χ0n) is 14.1. The van der Waals surface area contributed by atoms with Crippen molar-refractivity contribution in [1.29, 1.82) is 0 Å². The Morgan fingerprint density at radius 1 is 1.24 bits per heavy atom. The summed E-state index contributed by atoms with van der Waals surface area (Å²) in [6.45, 7) is -0.237. The Morgan fingerprint density at radius 2 is 2.04 bits per heavy atom. The lowest BCUT2D eigenvalue weighted by molar-refractivity contribution is -0.134. The van der Waals surface area contributed by atoms with E-state index >= 15 is 0 Å². The number of anilines is 3. The fraction of sp³-hybridized carbons (Fsp3) is 0.353. The summed E-state index contributed by atoms with van der Waals surface area (Å²) in [6.07, 6.45) is 2.17. The highest BCUT2D eigenvalue weighted by molar-refractivity contribution is 5.72. The number of rotatable bonds is 8. The van der Waals surface area contributed by atoms with Crippen molar-refractivity contribution in [2.75, 3.05) is 31.4 Å². The molecule has 0 atom stereocenters. The Kier molecular flexibility index (Phi) is 4.87. The minimum absolute atomic E-state index is 0.237. The van der Waals surface area contributed by atoms with Gasteiger partial charge in [0.15, 0.2) is 0 Å². The largest absolute Gasteiger partial charge is 0.497 e. The second-order valence-electron chi connectivity index (χ2n) is 5.71. The van der Waals surface area contributed by atoms with E-state index in [9.17, 15) is 4.79 Å². The van der Waals surface area contributed by atoms with Gasteiger partial charge in [-0.05, 0) is 25.0 Å². The van der Waals surface area contributed by atoms with Crippen molar-refractivity contribution in [2.24, 2.45) is 0 Å². The molecular weight excluding hydrogens is 324 g/mol. The molecule has 132 valence electrons. The molecule has 1 heterocycles. The molecule has 0 saturated heterocycles. The summed E-state index contributed by atoms with van der Waals surface area (Å²) >= 11 is 0. The molecule has 2 aromatic rings. The van der Waals surface area contributed by atoms with E-state index in [2.05, 4.69) is 20.6 Å². The van der Waals surface area contributed by atoms with Crippen molar-refractivity contribution < 1.29 is 19.4 Å². The van der Waals surface area contributed by atoms with Crippen molar-refractivity contribution in [2.45, 2.75) is 18.8 Å². The summed E-state index contributed by atoms with van der Waals surface area (Å²) in [6, 6.07) is 7.31. The number of benzene rings is 1. The Labute approximate surface area is 145 Å². The summed E-state index contributed by atoms with van der Waals surface area (Å²) in [5.74, 6) is 1.62. The Bertz CT molecular complexity index is 777. The van der Waals surface area contributed by atoms with E-state index in [-0.39, 0.29) is 6.54 Å². The molecule has 0 aliphatic heterocycles. The molecule has 1 aliphatic carbocycles. The predicted molar refractivity (Wildman–Crippen MR) is 93.0 cm³/mol. The summed E-state index contributed by atoms with van der Waals surface area (Å²) in [5.41, 5.74) is 1.63. The molecule has 1 fully saturated rings. The van der Waals surface area contributed by atoms with Crippen LogP contribution in [0.3, 0.4) is 0 Å². The Morgan fingerprint density at radius 3 is 2.68 bits per heavy atom. The van der Waals surface area contributed by atoms with Crippen molar-refractivity contribution in [3.63, 3.8) is 0 Å². The average Bonchev–Trinajstić information content (AvgIpc) is 3.45. The van der Waals surface area contributed by atoms with Gasteiger partial charge in [0.05, 0.1) is 25.6 Å². The van der Waals surface area contributed by atoms with Gasteiger partial charge in [-0.2, -0.15) is 4.98 Å². The third kappa shape index (κ3) is 4.28. The lowest BCUT2D eigenvalue weighted by atomic mass is 10.2. The molecule has 0 spiro atoms. The molecule has 0 unspecified atom stereocenters. The third-order valence-electron chi connectivity index (χ3n) is 3.81. The van der Waals surface area contributed by atoms with Crippen LogP contribution in [0.4, 0.5) is 17.5 Å². The molecule has 1 aromatic carbocycles. The number of ether oxygens (including phenoxy) is 2. The molecule has 0 amide bonds. The smallest absolute Gasteiger partial charge is 0.322 e. The van der Waals surface area contributed by atoms with Crippen LogP contribution in [0.2, 0.25) is 0 Å². The van der Waals surface area contributed by atoms with E-state index in [1.807, 2.05) is 18.2 Å². The second-order valence-corrected chi connectivity index (χ2v) is 5.71. The van der Waals surface area contributed by atoms with Crippen LogP contribution in [0.1, 0.15) is 24.5 Å². The minimum Gasteiger partial charge on any atom is -0.497 e. The van der Waals surface area contributed by atoms with Gasteiger partial charge in [0.1, 0.15) is 23.9 Å². The van der Waals surface area contributed by atoms with Gasteiger partial charge in [0, 0.05) is 18.1 Å². The van der Waals surface area contributed by atoms with Gasteiger partial charge in [-0.3, -0.25) is 4.79 Å². The number of aromatic nitrogens is 2. The number of nitrogens with zero attached hydrogens (tertiary/aromatic N) is 2. The van der Waals surface area contributed by atoms with E-state index in [4.69, 9.17) is 14.6 Å². The van der Waals surface area contributed by atoms with Crippen molar-refractivity contribution in [1.82, 2.24) is 9.97 Å². The predicted octanol–water partition coefficient (Wildman–Crippen LogP) is 2.61. The van der Waals surface area contributed by atoms with Crippen molar-refractivity contribution in [3.05, 3.63) is 30.0 Å². The molecule has 0 radical (unpaired) electrons. The highest BCUT2D eigenvalue weighted by atomic mass is 16.5. The SMILES string of the molecule is COc1ccc(Nc2cc(C3CC3)nc(NCC(=O)O)n2)c(OC)c1. The van der Waals surface area contributed by atoms with Gasteiger partial charge in [0.25, 0.3) is 0 Å². The number of hydrogen-bond donors (Lipinski definition) is 3. The maximum absolute atomic E-state index is 10.8. The number of carboxylic acids is 1. The highest BCUT2D eigenvalue weighted by Crippen LogP contribution is 2.40. The topological polar surface area (TPSA) is 106 Å². The Hall–Kier alpha value is -3.03. The molecule has 8 heteroatoms. The van der Waals surface area contributed by atoms with E-state index in [1.54, 1.807) is 20.3 Å². The average molecular weight is 344 g/mol. The van der Waals surface area contributed by atoms with Crippen LogP contribution in [-0.4, -0.2) is 41.8 Å². The van der Waals surface area contributed by atoms with Crippen LogP contribution in [0.15, 0.2) is 24.3 Å². The maximum Gasteiger partial charge on any atom is 0.322 e. The first-order valence-electron chi connectivity index (χ1n) is 7.92. The molecule has 3 N–H and O–H groups in total. The first-order chi connectivity index (χ1) is 12.1. The number of hydrogen-bond acceptors (Lipinski definition) is 7. The molecule has 3 rings (SSSR count). The molecule has 1 aliphatic rings. The molecule has 0 bridgehead atoms. The second kappa shape index (κ2) is 7.25. The number of methoxy groups -OCH3 is 2. The first kappa shape index (κ1) is 16.8.